The predicted molar refractivity (Wildman–Crippen MR) is 126 cm³/mol. The highest BCUT2D eigenvalue weighted by Gasteiger charge is 2.37. The molecular weight excluding hydrogens is 483 g/mol. The van der Waals surface area contributed by atoms with Gasteiger partial charge in [-0.2, -0.15) is 13.2 Å². The SMILES string of the molecule is C[C@@H]1CN(c2cnc(C(F)(F)F)cn2)C[C@H](C)N1C(=O)OC1CCN(Cc2ccc(Cl)cc2)CC1. The van der Waals surface area contributed by atoms with Crippen LogP contribution in [-0.4, -0.2) is 70.2 Å². The number of benzene rings is 1. The van der Waals surface area contributed by atoms with Gasteiger partial charge in [0.05, 0.1) is 24.5 Å². The number of carbonyl (C=O) groups excluding carboxylic acids is 1. The van der Waals surface area contributed by atoms with Gasteiger partial charge in [0, 0.05) is 37.7 Å². The minimum atomic E-state index is -4.53. The summed E-state index contributed by atoms with van der Waals surface area (Å²) >= 11 is 5.95. The molecule has 2 aliphatic rings. The smallest absolute Gasteiger partial charge is 0.434 e. The Morgan fingerprint density at radius 2 is 1.69 bits per heavy atom. The maximum atomic E-state index is 13.0. The Balaban J connectivity index is 1.27. The lowest BCUT2D eigenvalue weighted by Crippen LogP contribution is -2.59. The fourth-order valence-electron chi connectivity index (χ4n) is 4.74. The third-order valence-electron chi connectivity index (χ3n) is 6.50. The van der Waals surface area contributed by atoms with E-state index < -0.39 is 11.9 Å². The van der Waals surface area contributed by atoms with Gasteiger partial charge in [-0.15, -0.1) is 0 Å². The van der Waals surface area contributed by atoms with Crippen molar-refractivity contribution in [3.63, 3.8) is 0 Å². The van der Waals surface area contributed by atoms with E-state index in [2.05, 4.69) is 14.9 Å². The van der Waals surface area contributed by atoms with Crippen molar-refractivity contribution >= 4 is 23.5 Å². The molecule has 0 spiro atoms. The number of likely N-dealkylation sites (tertiary alicyclic amines) is 1. The third-order valence-corrected chi connectivity index (χ3v) is 6.76. The summed E-state index contributed by atoms with van der Waals surface area (Å²) in [5, 5.41) is 0.718. The second kappa shape index (κ2) is 10.6. The van der Waals surface area contributed by atoms with Crippen LogP contribution in [0.4, 0.5) is 23.8 Å². The summed E-state index contributed by atoms with van der Waals surface area (Å²) in [6.45, 7) is 7.17. The van der Waals surface area contributed by atoms with E-state index in [9.17, 15) is 18.0 Å². The van der Waals surface area contributed by atoms with Gasteiger partial charge in [0.1, 0.15) is 11.9 Å². The van der Waals surface area contributed by atoms with Crippen molar-refractivity contribution in [1.82, 2.24) is 19.8 Å². The van der Waals surface area contributed by atoms with E-state index >= 15 is 0 Å². The standard InChI is InChI=1S/C24H29ClF3N5O2/c1-16-13-32(22-12-29-21(11-30-22)24(26,27)28)14-17(2)33(16)23(34)35-20-7-9-31(10-8-20)15-18-3-5-19(25)6-4-18/h3-6,11-12,16-17,20H,7-10,13-15H2,1-2H3/t16-,17+. The summed E-state index contributed by atoms with van der Waals surface area (Å²) in [5.41, 5.74) is 0.173. The number of carbonyl (C=O) groups is 1. The van der Waals surface area contributed by atoms with Crippen molar-refractivity contribution in [2.45, 2.75) is 57.6 Å². The lowest BCUT2D eigenvalue weighted by atomic mass is 10.1. The number of anilines is 1. The Bertz CT molecular complexity index is 986. The highest BCUT2D eigenvalue weighted by molar-refractivity contribution is 6.30. The van der Waals surface area contributed by atoms with Gasteiger partial charge in [-0.1, -0.05) is 23.7 Å². The topological polar surface area (TPSA) is 61.8 Å². The van der Waals surface area contributed by atoms with Crippen LogP contribution >= 0.6 is 11.6 Å². The molecule has 0 unspecified atom stereocenters. The molecule has 3 heterocycles. The number of ether oxygens (including phenoxy) is 1. The van der Waals surface area contributed by atoms with Gasteiger partial charge in [-0.3, -0.25) is 9.80 Å². The average molecular weight is 512 g/mol. The van der Waals surface area contributed by atoms with E-state index in [1.165, 1.54) is 5.56 Å². The number of halogens is 4. The van der Waals surface area contributed by atoms with E-state index in [1.54, 1.807) is 4.90 Å². The molecule has 2 aliphatic heterocycles. The van der Waals surface area contributed by atoms with E-state index in [1.807, 2.05) is 43.0 Å². The minimum absolute atomic E-state index is 0.137. The van der Waals surface area contributed by atoms with E-state index in [-0.39, 0.29) is 24.3 Å². The number of hydrogen-bond acceptors (Lipinski definition) is 6. The summed E-state index contributed by atoms with van der Waals surface area (Å²) < 4.78 is 44.2. The summed E-state index contributed by atoms with van der Waals surface area (Å²) in [6, 6.07) is 7.43. The van der Waals surface area contributed by atoms with Crippen molar-refractivity contribution in [3.8, 4) is 0 Å². The van der Waals surface area contributed by atoms with Crippen LogP contribution in [0.2, 0.25) is 5.02 Å². The first kappa shape index (κ1) is 25.5. The maximum Gasteiger partial charge on any atom is 0.434 e. The van der Waals surface area contributed by atoms with Crippen LogP contribution < -0.4 is 4.90 Å². The first-order valence-electron chi connectivity index (χ1n) is 11.7. The zero-order valence-electron chi connectivity index (χ0n) is 19.7. The van der Waals surface area contributed by atoms with Gasteiger partial charge >= 0.3 is 12.3 Å². The number of rotatable bonds is 4. The third kappa shape index (κ3) is 6.35. The summed E-state index contributed by atoms with van der Waals surface area (Å²) in [4.78, 5) is 26.3. The Morgan fingerprint density at radius 3 is 2.23 bits per heavy atom. The second-order valence-corrected chi connectivity index (χ2v) is 9.69. The zero-order chi connectivity index (χ0) is 25.2. The quantitative estimate of drug-likeness (QED) is 0.585. The number of piperazine rings is 1. The average Bonchev–Trinajstić information content (AvgIpc) is 2.81. The molecule has 2 aromatic rings. The Kier molecular flexibility index (Phi) is 7.70. The van der Waals surface area contributed by atoms with Gasteiger partial charge in [-0.25, -0.2) is 14.8 Å². The number of nitrogens with zero attached hydrogens (tertiary/aromatic N) is 5. The molecule has 0 saturated carbocycles. The number of amides is 1. The molecule has 190 valence electrons. The molecule has 0 aliphatic carbocycles. The van der Waals surface area contributed by atoms with E-state index in [0.29, 0.717) is 18.9 Å². The van der Waals surface area contributed by atoms with Gasteiger partial charge in [0.2, 0.25) is 0 Å². The summed E-state index contributed by atoms with van der Waals surface area (Å²) in [5.74, 6) is 0.359. The van der Waals surface area contributed by atoms with Crippen LogP contribution in [-0.2, 0) is 17.5 Å². The molecule has 7 nitrogen and oxygen atoms in total. The van der Waals surface area contributed by atoms with Gasteiger partial charge in [0.15, 0.2) is 5.69 Å². The lowest BCUT2D eigenvalue weighted by molar-refractivity contribution is -0.141. The van der Waals surface area contributed by atoms with Crippen LogP contribution in [0.3, 0.4) is 0 Å². The van der Waals surface area contributed by atoms with Crippen LogP contribution in [0.15, 0.2) is 36.7 Å². The summed E-state index contributed by atoms with van der Waals surface area (Å²) in [7, 11) is 0. The molecule has 1 aromatic carbocycles. The van der Waals surface area contributed by atoms with Crippen LogP contribution in [0.5, 0.6) is 0 Å². The van der Waals surface area contributed by atoms with E-state index in [0.717, 1.165) is 49.9 Å². The highest BCUT2D eigenvalue weighted by Crippen LogP contribution is 2.28. The van der Waals surface area contributed by atoms with Crippen LogP contribution in [0, 0.1) is 0 Å². The highest BCUT2D eigenvalue weighted by atomic mass is 35.5. The van der Waals surface area contributed by atoms with Crippen molar-refractivity contribution in [2.75, 3.05) is 31.1 Å². The molecule has 35 heavy (non-hydrogen) atoms. The molecule has 1 aromatic heterocycles. The minimum Gasteiger partial charge on any atom is -0.446 e. The Morgan fingerprint density at radius 1 is 1.06 bits per heavy atom. The first-order valence-corrected chi connectivity index (χ1v) is 12.1. The normalized spacial score (nSPS) is 22.3. The fraction of sp³-hybridized carbons (Fsp3) is 0.542. The molecular formula is C24H29ClF3N5O2. The fourth-order valence-corrected chi connectivity index (χ4v) is 4.86. The number of piperidine rings is 1. The Hall–Kier alpha value is -2.59. The monoisotopic (exact) mass is 511 g/mol. The zero-order valence-corrected chi connectivity index (χ0v) is 20.5. The van der Waals surface area contributed by atoms with Crippen LogP contribution in [0.1, 0.15) is 37.9 Å². The van der Waals surface area contributed by atoms with Crippen molar-refractivity contribution in [2.24, 2.45) is 0 Å². The number of alkyl halides is 3. The molecule has 4 rings (SSSR count). The van der Waals surface area contributed by atoms with Crippen molar-refractivity contribution in [1.29, 1.82) is 0 Å². The number of hydrogen-bond donors (Lipinski definition) is 0. The molecule has 0 bridgehead atoms. The van der Waals surface area contributed by atoms with Gasteiger partial charge in [-0.05, 0) is 44.4 Å². The molecule has 0 N–H and O–H groups in total. The van der Waals surface area contributed by atoms with Crippen molar-refractivity contribution < 1.29 is 22.7 Å². The van der Waals surface area contributed by atoms with Crippen molar-refractivity contribution in [3.05, 3.63) is 52.9 Å². The maximum absolute atomic E-state index is 13.0. The van der Waals surface area contributed by atoms with Crippen LogP contribution in [0.25, 0.3) is 0 Å². The lowest BCUT2D eigenvalue weighted by Gasteiger charge is -2.44. The molecule has 2 fully saturated rings. The molecule has 11 heteroatoms. The Labute approximate surface area is 207 Å². The summed E-state index contributed by atoms with van der Waals surface area (Å²) in [6.07, 6.45) is -1.60. The van der Waals surface area contributed by atoms with Gasteiger partial charge in [0.25, 0.3) is 0 Å². The largest absolute Gasteiger partial charge is 0.446 e. The van der Waals surface area contributed by atoms with E-state index in [4.69, 9.17) is 16.3 Å². The molecule has 0 radical (unpaired) electrons. The van der Waals surface area contributed by atoms with Gasteiger partial charge < -0.3 is 9.64 Å². The molecule has 1 amide bonds. The molecule has 2 saturated heterocycles. The first-order chi connectivity index (χ1) is 16.6. The molecule has 2 atom stereocenters. The number of aromatic nitrogens is 2. The predicted octanol–water partition coefficient (Wildman–Crippen LogP) is 4.85. The second-order valence-electron chi connectivity index (χ2n) is 9.25.